The number of nitro benzene ring substituents is 1. The van der Waals surface area contributed by atoms with E-state index in [2.05, 4.69) is 18.5 Å². The minimum Gasteiger partial charge on any atom is -0.258 e. The number of hydrogen-bond donors (Lipinski definition) is 0. The van der Waals surface area contributed by atoms with E-state index in [-0.39, 0.29) is 10.6 Å². The lowest BCUT2D eigenvalue weighted by atomic mass is 9.85. The van der Waals surface area contributed by atoms with Gasteiger partial charge in [0, 0.05) is 28.8 Å². The van der Waals surface area contributed by atoms with Gasteiger partial charge in [0.05, 0.1) is 17.2 Å². The van der Waals surface area contributed by atoms with Gasteiger partial charge in [0.2, 0.25) is 4.80 Å². The third kappa shape index (κ3) is 4.84. The Morgan fingerprint density at radius 1 is 1.32 bits per heavy atom. The topological polar surface area (TPSA) is 72.8 Å². The smallest absolute Gasteiger partial charge is 0.258 e. The Hall–Kier alpha value is -2.54. The van der Waals surface area contributed by atoms with Crippen molar-refractivity contribution < 1.29 is 4.92 Å². The van der Waals surface area contributed by atoms with E-state index >= 15 is 0 Å². The van der Waals surface area contributed by atoms with Crippen LogP contribution in [0.4, 0.5) is 5.69 Å². The highest BCUT2D eigenvalue weighted by Crippen LogP contribution is 2.27. The van der Waals surface area contributed by atoms with E-state index in [1.165, 1.54) is 54.9 Å². The van der Waals surface area contributed by atoms with Crippen molar-refractivity contribution >= 4 is 22.7 Å². The zero-order chi connectivity index (χ0) is 19.9. The fourth-order valence-corrected chi connectivity index (χ4v) is 4.39. The van der Waals surface area contributed by atoms with Crippen molar-refractivity contribution in [1.82, 2.24) is 4.68 Å². The van der Waals surface area contributed by atoms with E-state index in [0.717, 1.165) is 34.8 Å². The van der Waals surface area contributed by atoms with Crippen LogP contribution >= 0.6 is 11.3 Å². The molecule has 0 saturated heterocycles. The molecule has 1 aromatic heterocycles. The fourth-order valence-electron chi connectivity index (χ4n) is 3.55. The van der Waals surface area contributed by atoms with Crippen LogP contribution in [-0.2, 0) is 0 Å². The molecule has 0 bridgehead atoms. The standard InChI is InChI=1S/C21H26N4O2S/c1-3-5-16-6-10-18(11-7-16)23-24-20(15-28-21(24)22-14-4-2)17-8-12-19(13-9-17)25(26)27/h4,8-9,12-13,15-16H,2-3,5-7,10-11,14H2,1H3. The van der Waals surface area contributed by atoms with Gasteiger partial charge in [0.1, 0.15) is 0 Å². The van der Waals surface area contributed by atoms with Gasteiger partial charge in [-0.25, -0.2) is 4.68 Å². The van der Waals surface area contributed by atoms with Crippen molar-refractivity contribution in [3.05, 3.63) is 57.2 Å². The predicted octanol–water partition coefficient (Wildman–Crippen LogP) is 5.41. The molecule has 1 aromatic carbocycles. The number of thiazole rings is 1. The van der Waals surface area contributed by atoms with E-state index in [4.69, 9.17) is 5.10 Å². The van der Waals surface area contributed by atoms with Crippen molar-refractivity contribution in [3.63, 3.8) is 0 Å². The molecular formula is C21H26N4O2S. The van der Waals surface area contributed by atoms with Crippen LogP contribution in [0.15, 0.2) is 52.4 Å². The van der Waals surface area contributed by atoms with E-state index in [1.807, 2.05) is 10.1 Å². The Bertz CT molecular complexity index is 915. The van der Waals surface area contributed by atoms with Gasteiger partial charge in [-0.1, -0.05) is 25.8 Å². The molecule has 0 aliphatic heterocycles. The Kier molecular flexibility index (Phi) is 6.92. The maximum atomic E-state index is 10.9. The highest BCUT2D eigenvalue weighted by Gasteiger charge is 2.18. The second kappa shape index (κ2) is 9.59. The first-order chi connectivity index (χ1) is 13.6. The highest BCUT2D eigenvalue weighted by atomic mass is 32.1. The van der Waals surface area contributed by atoms with Gasteiger partial charge in [0.25, 0.3) is 5.69 Å². The molecule has 0 amide bonds. The number of nitro groups is 1. The van der Waals surface area contributed by atoms with Crippen molar-refractivity contribution in [2.75, 3.05) is 6.54 Å². The summed E-state index contributed by atoms with van der Waals surface area (Å²) in [5.74, 6) is 0.815. The first-order valence-corrected chi connectivity index (χ1v) is 10.6. The average Bonchev–Trinajstić information content (AvgIpc) is 3.10. The summed E-state index contributed by atoms with van der Waals surface area (Å²) in [6, 6.07) is 6.60. The molecule has 1 fully saturated rings. The zero-order valence-corrected chi connectivity index (χ0v) is 17.0. The average molecular weight is 399 g/mol. The van der Waals surface area contributed by atoms with Crippen LogP contribution in [0.3, 0.4) is 0 Å². The van der Waals surface area contributed by atoms with E-state index < -0.39 is 0 Å². The Morgan fingerprint density at radius 3 is 2.64 bits per heavy atom. The van der Waals surface area contributed by atoms with Crippen LogP contribution in [-0.4, -0.2) is 21.9 Å². The van der Waals surface area contributed by atoms with Gasteiger partial charge in [0.15, 0.2) is 0 Å². The molecule has 1 aliphatic rings. The molecule has 0 spiro atoms. The lowest BCUT2D eigenvalue weighted by molar-refractivity contribution is -0.384. The molecule has 3 rings (SSSR count). The van der Waals surface area contributed by atoms with Gasteiger partial charge in [-0.2, -0.15) is 5.10 Å². The van der Waals surface area contributed by atoms with E-state index in [1.54, 1.807) is 18.2 Å². The van der Waals surface area contributed by atoms with E-state index in [0.29, 0.717) is 6.54 Å². The van der Waals surface area contributed by atoms with Crippen LogP contribution in [0.25, 0.3) is 11.3 Å². The molecule has 28 heavy (non-hydrogen) atoms. The van der Waals surface area contributed by atoms with Crippen molar-refractivity contribution in [2.45, 2.75) is 45.4 Å². The summed E-state index contributed by atoms with van der Waals surface area (Å²) in [6.07, 6.45) is 8.74. The minimum atomic E-state index is -0.384. The summed E-state index contributed by atoms with van der Waals surface area (Å²) in [6.45, 7) is 6.52. The van der Waals surface area contributed by atoms with Gasteiger partial charge in [-0.05, 0) is 43.7 Å². The third-order valence-corrected chi connectivity index (χ3v) is 5.89. The van der Waals surface area contributed by atoms with Crippen LogP contribution < -0.4 is 4.80 Å². The molecule has 1 heterocycles. The highest BCUT2D eigenvalue weighted by molar-refractivity contribution is 7.07. The van der Waals surface area contributed by atoms with Gasteiger partial charge >= 0.3 is 0 Å². The summed E-state index contributed by atoms with van der Waals surface area (Å²) < 4.78 is 1.89. The van der Waals surface area contributed by atoms with Crippen LogP contribution in [0.2, 0.25) is 0 Å². The summed E-state index contributed by atoms with van der Waals surface area (Å²) in [5, 5.41) is 17.9. The summed E-state index contributed by atoms with van der Waals surface area (Å²) >= 11 is 1.53. The van der Waals surface area contributed by atoms with Crippen LogP contribution in [0, 0.1) is 16.0 Å². The predicted molar refractivity (Wildman–Crippen MR) is 115 cm³/mol. The first kappa shape index (κ1) is 20.2. The molecule has 0 atom stereocenters. The molecule has 1 saturated carbocycles. The molecule has 0 radical (unpaired) electrons. The molecule has 6 nitrogen and oxygen atoms in total. The SMILES string of the molecule is C=CCN=c1scc(-c2ccc([N+](=O)[O-])cc2)n1N=C1CCC(CCC)CC1. The minimum absolute atomic E-state index is 0.0858. The summed E-state index contributed by atoms with van der Waals surface area (Å²) in [4.78, 5) is 15.9. The summed E-state index contributed by atoms with van der Waals surface area (Å²) in [7, 11) is 0. The lowest BCUT2D eigenvalue weighted by Gasteiger charge is -2.22. The van der Waals surface area contributed by atoms with Crippen molar-refractivity contribution in [2.24, 2.45) is 16.0 Å². The number of benzene rings is 1. The zero-order valence-electron chi connectivity index (χ0n) is 16.2. The third-order valence-electron chi connectivity index (χ3n) is 5.04. The first-order valence-electron chi connectivity index (χ1n) is 9.75. The van der Waals surface area contributed by atoms with Gasteiger partial charge in [-0.15, -0.1) is 17.9 Å². The normalized spacial score (nSPS) is 17.5. The van der Waals surface area contributed by atoms with Crippen LogP contribution in [0.1, 0.15) is 45.4 Å². The van der Waals surface area contributed by atoms with Crippen molar-refractivity contribution in [1.29, 1.82) is 0 Å². The maximum Gasteiger partial charge on any atom is 0.269 e. The Morgan fingerprint density at radius 2 is 2.04 bits per heavy atom. The Balaban J connectivity index is 1.94. The molecule has 7 heteroatoms. The number of non-ortho nitro benzene ring substituents is 1. The van der Waals surface area contributed by atoms with Crippen LogP contribution in [0.5, 0.6) is 0 Å². The number of nitrogens with zero attached hydrogens (tertiary/aromatic N) is 4. The summed E-state index contributed by atoms with van der Waals surface area (Å²) in [5.41, 5.74) is 3.09. The van der Waals surface area contributed by atoms with E-state index in [9.17, 15) is 10.1 Å². The largest absolute Gasteiger partial charge is 0.269 e. The fraction of sp³-hybridized carbons (Fsp3) is 0.429. The number of rotatable bonds is 7. The second-order valence-electron chi connectivity index (χ2n) is 7.05. The monoisotopic (exact) mass is 398 g/mol. The molecule has 2 aromatic rings. The van der Waals surface area contributed by atoms with Gasteiger partial charge < -0.3 is 0 Å². The maximum absolute atomic E-state index is 10.9. The number of aromatic nitrogens is 1. The number of hydrogen-bond acceptors (Lipinski definition) is 5. The Labute approximate surface area is 169 Å². The molecule has 148 valence electrons. The van der Waals surface area contributed by atoms with Crippen molar-refractivity contribution in [3.8, 4) is 11.3 Å². The molecule has 1 aliphatic carbocycles. The van der Waals surface area contributed by atoms with Gasteiger partial charge in [-0.3, -0.25) is 15.1 Å². The molecule has 0 unspecified atom stereocenters. The lowest BCUT2D eigenvalue weighted by Crippen LogP contribution is -2.19. The molecule has 0 N–H and O–H groups in total. The second-order valence-corrected chi connectivity index (χ2v) is 7.88. The quantitative estimate of drug-likeness (QED) is 0.355. The molecular weight excluding hydrogens is 372 g/mol.